The maximum Gasteiger partial charge on any atom is 0.246 e. The third kappa shape index (κ3) is 3.89. The highest BCUT2D eigenvalue weighted by atomic mass is 32.1. The average molecular weight is 324 g/mol. The van der Waals surface area contributed by atoms with Gasteiger partial charge in [0.2, 0.25) is 5.91 Å². The van der Waals surface area contributed by atoms with Crippen molar-refractivity contribution in [1.82, 2.24) is 4.90 Å². The molecule has 2 rings (SSSR count). The van der Waals surface area contributed by atoms with Crippen LogP contribution in [0, 0.1) is 11.8 Å². The van der Waals surface area contributed by atoms with E-state index >= 15 is 0 Å². The van der Waals surface area contributed by atoms with E-state index < -0.39 is 0 Å². The van der Waals surface area contributed by atoms with Gasteiger partial charge in [-0.2, -0.15) is 0 Å². The van der Waals surface area contributed by atoms with E-state index in [0.717, 1.165) is 44.1 Å². The number of likely N-dealkylation sites (tertiary alicyclic amines) is 1. The topological polar surface area (TPSA) is 29.5 Å². The minimum atomic E-state index is -0.159. The van der Waals surface area contributed by atoms with Gasteiger partial charge in [-0.05, 0) is 75.6 Å². The molecule has 124 valence electrons. The van der Waals surface area contributed by atoms with Gasteiger partial charge < -0.3 is 9.64 Å². The minimum Gasteiger partial charge on any atom is -0.479 e. The molecule has 1 amide bonds. The fourth-order valence-electron chi connectivity index (χ4n) is 3.72. The molecule has 0 spiro atoms. The van der Waals surface area contributed by atoms with E-state index in [1.54, 1.807) is 4.90 Å². The summed E-state index contributed by atoms with van der Waals surface area (Å²) in [6.07, 6.45) is 7.78. The van der Waals surface area contributed by atoms with Crippen LogP contribution in [-0.2, 0) is 9.53 Å². The number of carbonyl (C=O) groups is 1. The van der Waals surface area contributed by atoms with Crippen LogP contribution in [0.1, 0.15) is 59.3 Å². The van der Waals surface area contributed by atoms with E-state index in [1.807, 2.05) is 0 Å². The number of rotatable bonds is 4. The Kier molecular flexibility index (Phi) is 5.65. The Balaban J connectivity index is 1.94. The smallest absolute Gasteiger partial charge is 0.246 e. The van der Waals surface area contributed by atoms with Crippen LogP contribution in [0.5, 0.6) is 0 Å². The maximum absolute atomic E-state index is 11.9. The molecule has 2 aliphatic rings. The van der Waals surface area contributed by atoms with Crippen molar-refractivity contribution in [2.24, 2.45) is 11.8 Å². The Morgan fingerprint density at radius 3 is 2.55 bits per heavy atom. The lowest BCUT2D eigenvalue weighted by atomic mass is 9.75. The molecular formula is C18H29NO2S. The quantitative estimate of drug-likeness (QED) is 0.576. The SMILES string of the molecule is C=CC(=O)N1CCC[C@@H]1C(=S)OC1(C)CCC(C(C)C)CC1. The summed E-state index contributed by atoms with van der Waals surface area (Å²) < 4.78 is 6.22. The largest absolute Gasteiger partial charge is 0.479 e. The number of carbonyl (C=O) groups excluding carboxylic acids is 1. The molecule has 0 N–H and O–H groups in total. The van der Waals surface area contributed by atoms with Gasteiger partial charge in [-0.3, -0.25) is 4.79 Å². The lowest BCUT2D eigenvalue weighted by Gasteiger charge is -2.40. The number of hydrogen-bond donors (Lipinski definition) is 0. The standard InChI is InChI=1S/C18H29NO2S/c1-5-16(20)19-12-6-7-15(19)17(22)21-18(4)10-8-14(9-11-18)13(2)3/h5,13-15H,1,6-12H2,2-4H3/t14?,15-,18?/m1/s1. The molecule has 4 heteroatoms. The number of ether oxygens (including phenoxy) is 1. The van der Waals surface area contributed by atoms with Crippen molar-refractivity contribution in [3.63, 3.8) is 0 Å². The molecule has 1 saturated carbocycles. The first-order valence-electron chi connectivity index (χ1n) is 8.52. The molecular weight excluding hydrogens is 294 g/mol. The summed E-state index contributed by atoms with van der Waals surface area (Å²) >= 11 is 5.54. The molecule has 0 aromatic rings. The monoisotopic (exact) mass is 323 g/mol. The first-order chi connectivity index (χ1) is 10.4. The van der Waals surface area contributed by atoms with Crippen LogP contribution in [0.25, 0.3) is 0 Å². The summed E-state index contributed by atoms with van der Waals surface area (Å²) in [5.74, 6) is 1.50. The molecule has 22 heavy (non-hydrogen) atoms. The van der Waals surface area contributed by atoms with Crippen LogP contribution in [0.3, 0.4) is 0 Å². The Bertz CT molecular complexity index is 438. The van der Waals surface area contributed by atoms with Crippen LogP contribution < -0.4 is 0 Å². The second-order valence-corrected chi connectivity index (χ2v) is 7.75. The van der Waals surface area contributed by atoms with Crippen molar-refractivity contribution < 1.29 is 9.53 Å². The summed E-state index contributed by atoms with van der Waals surface area (Å²) in [6, 6.07) is -0.0554. The summed E-state index contributed by atoms with van der Waals surface area (Å²) in [7, 11) is 0. The van der Waals surface area contributed by atoms with Crippen molar-refractivity contribution >= 4 is 23.2 Å². The molecule has 1 heterocycles. The molecule has 0 bridgehead atoms. The van der Waals surface area contributed by atoms with Crippen LogP contribution in [0.2, 0.25) is 0 Å². The molecule has 3 nitrogen and oxygen atoms in total. The van der Waals surface area contributed by atoms with Crippen molar-refractivity contribution in [2.75, 3.05) is 6.54 Å². The lowest BCUT2D eigenvalue weighted by molar-refractivity contribution is -0.126. The van der Waals surface area contributed by atoms with Gasteiger partial charge in [0.25, 0.3) is 0 Å². The summed E-state index contributed by atoms with van der Waals surface area (Å²) in [5, 5.41) is 0.596. The van der Waals surface area contributed by atoms with Crippen molar-refractivity contribution in [1.29, 1.82) is 0 Å². The number of amides is 1. The van der Waals surface area contributed by atoms with E-state index in [-0.39, 0.29) is 17.6 Å². The fraction of sp³-hybridized carbons (Fsp3) is 0.778. The van der Waals surface area contributed by atoms with Crippen LogP contribution in [0.4, 0.5) is 0 Å². The Morgan fingerprint density at radius 1 is 1.36 bits per heavy atom. The van der Waals surface area contributed by atoms with Gasteiger partial charge in [-0.1, -0.05) is 20.4 Å². The second-order valence-electron chi connectivity index (χ2n) is 7.35. The van der Waals surface area contributed by atoms with Gasteiger partial charge in [0.05, 0.1) is 0 Å². The van der Waals surface area contributed by atoms with Crippen LogP contribution >= 0.6 is 12.2 Å². The van der Waals surface area contributed by atoms with Crippen molar-refractivity contribution in [3.8, 4) is 0 Å². The Labute approximate surface area is 140 Å². The molecule has 1 aliphatic carbocycles. The van der Waals surface area contributed by atoms with Gasteiger partial charge in [0, 0.05) is 6.54 Å². The average Bonchev–Trinajstić information content (AvgIpc) is 2.96. The van der Waals surface area contributed by atoms with E-state index in [1.165, 1.54) is 18.9 Å². The highest BCUT2D eigenvalue weighted by Gasteiger charge is 2.38. The van der Waals surface area contributed by atoms with E-state index in [2.05, 4.69) is 27.4 Å². The van der Waals surface area contributed by atoms with Crippen molar-refractivity contribution in [3.05, 3.63) is 12.7 Å². The third-order valence-corrected chi connectivity index (χ3v) is 5.72. The highest BCUT2D eigenvalue weighted by Crippen LogP contribution is 2.38. The highest BCUT2D eigenvalue weighted by molar-refractivity contribution is 7.80. The van der Waals surface area contributed by atoms with Crippen molar-refractivity contribution in [2.45, 2.75) is 70.9 Å². The summed E-state index contributed by atoms with van der Waals surface area (Å²) in [6.45, 7) is 11.1. The summed E-state index contributed by atoms with van der Waals surface area (Å²) in [5.41, 5.74) is -0.159. The van der Waals surface area contributed by atoms with Gasteiger partial charge in [-0.15, -0.1) is 0 Å². The third-order valence-electron chi connectivity index (χ3n) is 5.36. The van der Waals surface area contributed by atoms with E-state index in [0.29, 0.717) is 5.05 Å². The first-order valence-corrected chi connectivity index (χ1v) is 8.93. The normalized spacial score (nSPS) is 32.1. The zero-order valence-corrected chi connectivity index (χ0v) is 15.0. The van der Waals surface area contributed by atoms with E-state index in [4.69, 9.17) is 17.0 Å². The van der Waals surface area contributed by atoms with Gasteiger partial charge in [0.15, 0.2) is 5.05 Å². The fourth-order valence-corrected chi connectivity index (χ4v) is 4.17. The zero-order chi connectivity index (χ0) is 16.3. The molecule has 0 unspecified atom stereocenters. The second kappa shape index (κ2) is 7.12. The molecule has 1 atom stereocenters. The predicted octanol–water partition coefficient (Wildman–Crippen LogP) is 4.11. The first kappa shape index (κ1) is 17.5. The van der Waals surface area contributed by atoms with Gasteiger partial charge >= 0.3 is 0 Å². The van der Waals surface area contributed by atoms with Crippen LogP contribution in [-0.4, -0.2) is 34.0 Å². The van der Waals surface area contributed by atoms with E-state index in [9.17, 15) is 4.79 Å². The summed E-state index contributed by atoms with van der Waals surface area (Å²) in [4.78, 5) is 13.7. The van der Waals surface area contributed by atoms with Gasteiger partial charge in [0.1, 0.15) is 11.6 Å². The molecule has 2 fully saturated rings. The molecule has 1 aliphatic heterocycles. The molecule has 1 saturated heterocycles. The number of thiocarbonyl (C=S) groups is 1. The minimum absolute atomic E-state index is 0.0397. The zero-order valence-electron chi connectivity index (χ0n) is 14.1. The van der Waals surface area contributed by atoms with Gasteiger partial charge in [-0.25, -0.2) is 0 Å². The molecule has 0 aromatic heterocycles. The number of nitrogens with zero attached hydrogens (tertiary/aromatic N) is 1. The lowest BCUT2D eigenvalue weighted by Crippen LogP contribution is -2.44. The number of hydrogen-bond acceptors (Lipinski definition) is 3. The Hall–Kier alpha value is -0.900. The maximum atomic E-state index is 11.9. The Morgan fingerprint density at radius 2 is 2.00 bits per heavy atom. The predicted molar refractivity (Wildman–Crippen MR) is 93.8 cm³/mol. The molecule has 0 aromatic carbocycles. The van der Waals surface area contributed by atoms with Crippen LogP contribution in [0.15, 0.2) is 12.7 Å². The molecule has 0 radical (unpaired) electrons.